The van der Waals surface area contributed by atoms with E-state index in [0.717, 1.165) is 27.1 Å². The SMILES string of the molecule is Cc1ccc(Br)cc1OCc1occc1CN. The van der Waals surface area contributed by atoms with Gasteiger partial charge in [-0.3, -0.25) is 0 Å². The molecule has 0 saturated heterocycles. The Bertz CT molecular complexity index is 508. The molecule has 4 heteroatoms. The lowest BCUT2D eigenvalue weighted by atomic mass is 10.2. The first kappa shape index (κ1) is 12.2. The predicted octanol–water partition coefficient (Wildman–Crippen LogP) is 3.39. The highest BCUT2D eigenvalue weighted by molar-refractivity contribution is 9.10. The number of rotatable bonds is 4. The molecular formula is C13H14BrNO2. The number of furan rings is 1. The van der Waals surface area contributed by atoms with Crippen LogP contribution in [0.3, 0.4) is 0 Å². The van der Waals surface area contributed by atoms with Gasteiger partial charge in [0.2, 0.25) is 0 Å². The van der Waals surface area contributed by atoms with Crippen molar-refractivity contribution in [2.24, 2.45) is 5.73 Å². The summed E-state index contributed by atoms with van der Waals surface area (Å²) in [6, 6.07) is 7.80. The second kappa shape index (κ2) is 5.38. The number of hydrogen-bond acceptors (Lipinski definition) is 3. The molecule has 1 aromatic carbocycles. The molecule has 0 aliphatic heterocycles. The fourth-order valence-electron chi connectivity index (χ4n) is 1.55. The minimum Gasteiger partial charge on any atom is -0.485 e. The van der Waals surface area contributed by atoms with Crippen LogP contribution in [-0.4, -0.2) is 0 Å². The maximum absolute atomic E-state index is 5.73. The van der Waals surface area contributed by atoms with Crippen LogP contribution in [0, 0.1) is 6.92 Å². The highest BCUT2D eigenvalue weighted by Gasteiger charge is 2.07. The van der Waals surface area contributed by atoms with Crippen LogP contribution in [0.1, 0.15) is 16.9 Å². The quantitative estimate of drug-likeness (QED) is 0.940. The zero-order valence-electron chi connectivity index (χ0n) is 9.57. The average Bonchev–Trinajstić information content (AvgIpc) is 2.77. The molecule has 0 amide bonds. The van der Waals surface area contributed by atoms with Gasteiger partial charge in [0, 0.05) is 16.6 Å². The minimum absolute atomic E-state index is 0.400. The Morgan fingerprint density at radius 2 is 2.18 bits per heavy atom. The number of benzene rings is 1. The van der Waals surface area contributed by atoms with Gasteiger partial charge < -0.3 is 14.9 Å². The third-order valence-corrected chi connectivity index (χ3v) is 3.06. The van der Waals surface area contributed by atoms with Crippen LogP contribution in [0.5, 0.6) is 5.75 Å². The highest BCUT2D eigenvalue weighted by atomic mass is 79.9. The normalized spacial score (nSPS) is 10.5. The van der Waals surface area contributed by atoms with Crippen molar-refractivity contribution in [3.05, 3.63) is 51.9 Å². The van der Waals surface area contributed by atoms with E-state index in [1.807, 2.05) is 31.2 Å². The average molecular weight is 296 g/mol. The Kier molecular flexibility index (Phi) is 3.86. The molecule has 0 atom stereocenters. The maximum Gasteiger partial charge on any atom is 0.146 e. The van der Waals surface area contributed by atoms with Crippen molar-refractivity contribution < 1.29 is 9.15 Å². The number of ether oxygens (including phenoxy) is 1. The second-order valence-corrected chi connectivity index (χ2v) is 4.69. The van der Waals surface area contributed by atoms with E-state index in [1.54, 1.807) is 6.26 Å². The first-order chi connectivity index (χ1) is 8.20. The third-order valence-electron chi connectivity index (χ3n) is 2.57. The van der Waals surface area contributed by atoms with E-state index in [-0.39, 0.29) is 0 Å². The van der Waals surface area contributed by atoms with Gasteiger partial charge in [0.25, 0.3) is 0 Å². The molecule has 0 fully saturated rings. The van der Waals surface area contributed by atoms with E-state index < -0.39 is 0 Å². The van der Waals surface area contributed by atoms with Crippen molar-refractivity contribution >= 4 is 15.9 Å². The predicted molar refractivity (Wildman–Crippen MR) is 69.8 cm³/mol. The van der Waals surface area contributed by atoms with E-state index in [1.165, 1.54) is 0 Å². The highest BCUT2D eigenvalue weighted by Crippen LogP contribution is 2.24. The van der Waals surface area contributed by atoms with Gasteiger partial charge in [-0.15, -0.1) is 0 Å². The van der Waals surface area contributed by atoms with E-state index in [0.29, 0.717) is 13.2 Å². The third kappa shape index (κ3) is 2.90. The molecule has 2 rings (SSSR count). The molecule has 3 nitrogen and oxygen atoms in total. The maximum atomic E-state index is 5.73. The summed E-state index contributed by atoms with van der Waals surface area (Å²) in [6.07, 6.45) is 1.63. The molecule has 0 unspecified atom stereocenters. The Morgan fingerprint density at radius 3 is 2.94 bits per heavy atom. The zero-order valence-corrected chi connectivity index (χ0v) is 11.2. The van der Waals surface area contributed by atoms with Gasteiger partial charge in [-0.25, -0.2) is 0 Å². The summed E-state index contributed by atoms with van der Waals surface area (Å²) < 4.78 is 12.1. The molecule has 0 spiro atoms. The Labute approximate surface area is 109 Å². The van der Waals surface area contributed by atoms with Gasteiger partial charge in [-0.05, 0) is 30.7 Å². The monoisotopic (exact) mass is 295 g/mol. The summed E-state index contributed by atoms with van der Waals surface area (Å²) in [4.78, 5) is 0. The first-order valence-corrected chi connectivity index (χ1v) is 6.14. The fourth-order valence-corrected chi connectivity index (χ4v) is 1.89. The molecule has 1 heterocycles. The minimum atomic E-state index is 0.400. The van der Waals surface area contributed by atoms with Crippen molar-refractivity contribution in [3.8, 4) is 5.75 Å². The molecule has 17 heavy (non-hydrogen) atoms. The van der Waals surface area contributed by atoms with Gasteiger partial charge in [0.1, 0.15) is 18.1 Å². The van der Waals surface area contributed by atoms with Gasteiger partial charge in [0.15, 0.2) is 0 Å². The van der Waals surface area contributed by atoms with Crippen LogP contribution in [-0.2, 0) is 13.2 Å². The van der Waals surface area contributed by atoms with Gasteiger partial charge >= 0.3 is 0 Å². The lowest BCUT2D eigenvalue weighted by Gasteiger charge is -2.08. The van der Waals surface area contributed by atoms with E-state index in [2.05, 4.69) is 15.9 Å². The van der Waals surface area contributed by atoms with Crippen LogP contribution in [0.25, 0.3) is 0 Å². The van der Waals surface area contributed by atoms with Crippen molar-refractivity contribution in [2.45, 2.75) is 20.1 Å². The Morgan fingerprint density at radius 1 is 1.35 bits per heavy atom. The second-order valence-electron chi connectivity index (χ2n) is 3.77. The van der Waals surface area contributed by atoms with Crippen molar-refractivity contribution in [2.75, 3.05) is 0 Å². The molecule has 0 aliphatic rings. The van der Waals surface area contributed by atoms with E-state index in [9.17, 15) is 0 Å². The van der Waals surface area contributed by atoms with Crippen LogP contribution < -0.4 is 10.5 Å². The number of aryl methyl sites for hydroxylation is 1. The number of nitrogens with two attached hydrogens (primary N) is 1. The summed E-state index contributed by atoms with van der Waals surface area (Å²) in [6.45, 7) is 2.87. The Balaban J connectivity index is 2.09. The molecule has 0 aliphatic carbocycles. The summed E-state index contributed by atoms with van der Waals surface area (Å²) in [7, 11) is 0. The van der Waals surface area contributed by atoms with E-state index in [4.69, 9.17) is 14.9 Å². The fraction of sp³-hybridized carbons (Fsp3) is 0.231. The standard InChI is InChI=1S/C13H14BrNO2/c1-9-2-3-11(14)6-12(9)17-8-13-10(7-15)4-5-16-13/h2-6H,7-8,15H2,1H3. The van der Waals surface area contributed by atoms with Crippen molar-refractivity contribution in [1.29, 1.82) is 0 Å². The first-order valence-electron chi connectivity index (χ1n) is 5.35. The van der Waals surface area contributed by atoms with Gasteiger partial charge in [-0.2, -0.15) is 0 Å². The summed E-state index contributed by atoms with van der Waals surface area (Å²) >= 11 is 3.42. The van der Waals surface area contributed by atoms with Crippen molar-refractivity contribution in [1.82, 2.24) is 0 Å². The molecular weight excluding hydrogens is 282 g/mol. The van der Waals surface area contributed by atoms with E-state index >= 15 is 0 Å². The number of hydrogen-bond donors (Lipinski definition) is 1. The van der Waals surface area contributed by atoms with Crippen LogP contribution in [0.15, 0.2) is 39.4 Å². The summed E-state index contributed by atoms with van der Waals surface area (Å²) in [5, 5.41) is 0. The smallest absolute Gasteiger partial charge is 0.146 e. The molecule has 0 saturated carbocycles. The topological polar surface area (TPSA) is 48.4 Å². The van der Waals surface area contributed by atoms with Crippen LogP contribution in [0.2, 0.25) is 0 Å². The van der Waals surface area contributed by atoms with Crippen molar-refractivity contribution in [3.63, 3.8) is 0 Å². The lowest BCUT2D eigenvalue weighted by Crippen LogP contribution is -2.02. The lowest BCUT2D eigenvalue weighted by molar-refractivity contribution is 0.267. The van der Waals surface area contributed by atoms with Gasteiger partial charge in [-0.1, -0.05) is 22.0 Å². The number of halogens is 1. The molecule has 2 aromatic rings. The Hall–Kier alpha value is -1.26. The molecule has 90 valence electrons. The van der Waals surface area contributed by atoms with Crippen LogP contribution >= 0.6 is 15.9 Å². The zero-order chi connectivity index (χ0) is 12.3. The molecule has 2 N–H and O–H groups in total. The van der Waals surface area contributed by atoms with Crippen LogP contribution in [0.4, 0.5) is 0 Å². The molecule has 0 bridgehead atoms. The molecule has 0 radical (unpaired) electrons. The largest absolute Gasteiger partial charge is 0.485 e. The molecule has 1 aromatic heterocycles. The van der Waals surface area contributed by atoms with Gasteiger partial charge in [0.05, 0.1) is 6.26 Å². The summed E-state index contributed by atoms with van der Waals surface area (Å²) in [5.74, 6) is 1.63. The summed E-state index contributed by atoms with van der Waals surface area (Å²) in [5.41, 5.74) is 7.67.